The van der Waals surface area contributed by atoms with Gasteiger partial charge in [-0.3, -0.25) is 0 Å². The minimum absolute atomic E-state index is 0.632. The molecule has 2 rings (SSSR count). The third-order valence-electron chi connectivity index (χ3n) is 2.49. The molecular formula is C14H12F2N+. The Hall–Kier alpha value is -2.03. The molecule has 0 aliphatic carbocycles. The van der Waals surface area contributed by atoms with E-state index >= 15 is 0 Å². The van der Waals surface area contributed by atoms with Crippen LogP contribution < -0.4 is 4.57 Å². The van der Waals surface area contributed by atoms with Crippen molar-refractivity contribution in [2.45, 2.75) is 0 Å². The van der Waals surface area contributed by atoms with Gasteiger partial charge in [-0.1, -0.05) is 6.07 Å². The molecule has 0 bridgehead atoms. The summed E-state index contributed by atoms with van der Waals surface area (Å²) in [5, 5.41) is 0. The highest BCUT2D eigenvalue weighted by Gasteiger charge is 2.02. The van der Waals surface area contributed by atoms with E-state index in [1.54, 1.807) is 6.08 Å². The van der Waals surface area contributed by atoms with Gasteiger partial charge < -0.3 is 0 Å². The van der Waals surface area contributed by atoms with Crippen LogP contribution in [0.3, 0.4) is 0 Å². The summed E-state index contributed by atoms with van der Waals surface area (Å²) < 4.78 is 27.6. The molecule has 0 radical (unpaired) electrons. The molecule has 0 amide bonds. The molecule has 2 aromatic rings. The minimum atomic E-state index is -0.829. The van der Waals surface area contributed by atoms with E-state index in [2.05, 4.69) is 0 Å². The maximum Gasteiger partial charge on any atom is 0.204 e. The number of aryl methyl sites for hydroxylation is 1. The predicted octanol–water partition coefficient (Wildman–Crippen LogP) is 2.96. The first-order chi connectivity index (χ1) is 8.16. The lowest BCUT2D eigenvalue weighted by Crippen LogP contribution is -2.30. The van der Waals surface area contributed by atoms with E-state index in [1.807, 2.05) is 42.1 Å². The Bertz CT molecular complexity index is 562. The van der Waals surface area contributed by atoms with Crippen LogP contribution in [-0.4, -0.2) is 0 Å². The second-order valence-corrected chi connectivity index (χ2v) is 3.74. The SMILES string of the molecule is C[n+]1ccccc1/C=C/c1ccc(F)c(F)c1. The molecule has 86 valence electrons. The molecule has 1 nitrogen and oxygen atoms in total. The minimum Gasteiger partial charge on any atom is -0.204 e. The number of halogens is 2. The third-order valence-corrected chi connectivity index (χ3v) is 2.49. The summed E-state index contributed by atoms with van der Waals surface area (Å²) in [5.41, 5.74) is 1.62. The van der Waals surface area contributed by atoms with E-state index in [0.717, 1.165) is 11.8 Å². The zero-order valence-corrected chi connectivity index (χ0v) is 9.40. The molecule has 17 heavy (non-hydrogen) atoms. The van der Waals surface area contributed by atoms with Gasteiger partial charge >= 0.3 is 0 Å². The van der Waals surface area contributed by atoms with Gasteiger partial charge in [0.25, 0.3) is 0 Å². The zero-order valence-electron chi connectivity index (χ0n) is 9.40. The fourth-order valence-electron chi connectivity index (χ4n) is 1.51. The van der Waals surface area contributed by atoms with Crippen molar-refractivity contribution in [3.05, 3.63) is 65.5 Å². The Morgan fingerprint density at radius 3 is 2.53 bits per heavy atom. The summed E-state index contributed by atoms with van der Waals surface area (Å²) in [6.07, 6.45) is 5.52. The lowest BCUT2D eigenvalue weighted by atomic mass is 10.2. The second-order valence-electron chi connectivity index (χ2n) is 3.74. The summed E-state index contributed by atoms with van der Waals surface area (Å²) in [4.78, 5) is 0. The normalized spacial score (nSPS) is 11.0. The van der Waals surface area contributed by atoms with Gasteiger partial charge in [-0.2, -0.15) is 0 Å². The van der Waals surface area contributed by atoms with Crippen LogP contribution in [0.1, 0.15) is 11.3 Å². The molecule has 0 atom stereocenters. The molecule has 3 heteroatoms. The predicted molar refractivity (Wildman–Crippen MR) is 62.9 cm³/mol. The standard InChI is InChI=1S/C14H12F2N/c1-17-9-3-2-4-12(17)7-5-11-6-8-13(15)14(16)10-11/h2-10H,1H3/q+1/b7-5+. The van der Waals surface area contributed by atoms with Crippen molar-refractivity contribution < 1.29 is 13.3 Å². The highest BCUT2D eigenvalue weighted by Crippen LogP contribution is 2.11. The van der Waals surface area contributed by atoms with Crippen LogP contribution in [0.5, 0.6) is 0 Å². The van der Waals surface area contributed by atoms with E-state index in [1.165, 1.54) is 12.1 Å². The quantitative estimate of drug-likeness (QED) is 0.701. The molecule has 1 aromatic carbocycles. The molecule has 0 aliphatic rings. The van der Waals surface area contributed by atoms with E-state index in [-0.39, 0.29) is 0 Å². The lowest BCUT2D eigenvalue weighted by molar-refractivity contribution is -0.673. The number of aromatic nitrogens is 1. The van der Waals surface area contributed by atoms with Crippen LogP contribution in [0, 0.1) is 11.6 Å². The molecule has 1 heterocycles. The molecule has 0 unspecified atom stereocenters. The summed E-state index contributed by atoms with van der Waals surface area (Å²) in [7, 11) is 1.92. The maximum absolute atomic E-state index is 13.0. The van der Waals surface area contributed by atoms with E-state index in [0.29, 0.717) is 5.56 Å². The van der Waals surface area contributed by atoms with Crippen LogP contribution >= 0.6 is 0 Å². The van der Waals surface area contributed by atoms with Crippen molar-refractivity contribution in [2.75, 3.05) is 0 Å². The Kier molecular flexibility index (Phi) is 3.28. The largest absolute Gasteiger partial charge is 0.204 e. The fraction of sp³-hybridized carbons (Fsp3) is 0.0714. The Morgan fingerprint density at radius 1 is 1.00 bits per heavy atom. The van der Waals surface area contributed by atoms with Crippen molar-refractivity contribution in [1.29, 1.82) is 0 Å². The van der Waals surface area contributed by atoms with Crippen molar-refractivity contribution >= 4 is 12.2 Å². The molecular weight excluding hydrogens is 220 g/mol. The van der Waals surface area contributed by atoms with Crippen LogP contribution in [0.2, 0.25) is 0 Å². The van der Waals surface area contributed by atoms with Crippen molar-refractivity contribution in [3.8, 4) is 0 Å². The molecule has 0 spiro atoms. The zero-order chi connectivity index (χ0) is 12.3. The molecule has 1 aromatic heterocycles. The van der Waals surface area contributed by atoms with E-state index in [9.17, 15) is 8.78 Å². The molecule has 0 saturated carbocycles. The molecule has 0 fully saturated rings. The summed E-state index contributed by atoms with van der Waals surface area (Å²) in [6.45, 7) is 0. The van der Waals surface area contributed by atoms with Crippen molar-refractivity contribution in [1.82, 2.24) is 0 Å². The van der Waals surface area contributed by atoms with Crippen molar-refractivity contribution in [3.63, 3.8) is 0 Å². The average molecular weight is 232 g/mol. The number of pyridine rings is 1. The van der Waals surface area contributed by atoms with Gasteiger partial charge in [0.05, 0.1) is 0 Å². The first-order valence-electron chi connectivity index (χ1n) is 5.24. The van der Waals surface area contributed by atoms with Gasteiger partial charge in [0.15, 0.2) is 17.8 Å². The Morgan fingerprint density at radius 2 is 1.82 bits per heavy atom. The van der Waals surface area contributed by atoms with Crippen LogP contribution in [0.25, 0.3) is 12.2 Å². The molecule has 0 N–H and O–H groups in total. The molecule has 0 saturated heterocycles. The van der Waals surface area contributed by atoms with E-state index in [4.69, 9.17) is 0 Å². The maximum atomic E-state index is 13.0. The Labute approximate surface area is 98.7 Å². The number of nitrogens with zero attached hydrogens (tertiary/aromatic N) is 1. The van der Waals surface area contributed by atoms with Crippen LogP contribution in [0.4, 0.5) is 8.78 Å². The number of hydrogen-bond acceptors (Lipinski definition) is 0. The second kappa shape index (κ2) is 4.87. The highest BCUT2D eigenvalue weighted by atomic mass is 19.2. The summed E-state index contributed by atoms with van der Waals surface area (Å²) >= 11 is 0. The fourth-order valence-corrected chi connectivity index (χ4v) is 1.51. The van der Waals surface area contributed by atoms with Gasteiger partial charge in [-0.25, -0.2) is 13.3 Å². The average Bonchev–Trinajstić information content (AvgIpc) is 2.32. The van der Waals surface area contributed by atoms with Gasteiger partial charge in [0.1, 0.15) is 7.05 Å². The smallest absolute Gasteiger partial charge is 0.204 e. The lowest BCUT2D eigenvalue weighted by Gasteiger charge is -1.96. The van der Waals surface area contributed by atoms with Gasteiger partial charge in [-0.05, 0) is 29.8 Å². The van der Waals surface area contributed by atoms with Crippen LogP contribution in [0.15, 0.2) is 42.6 Å². The van der Waals surface area contributed by atoms with Gasteiger partial charge in [-0.15, -0.1) is 0 Å². The number of hydrogen-bond donors (Lipinski definition) is 0. The Balaban J connectivity index is 2.26. The van der Waals surface area contributed by atoms with E-state index < -0.39 is 11.6 Å². The highest BCUT2D eigenvalue weighted by molar-refractivity contribution is 5.66. The topological polar surface area (TPSA) is 3.88 Å². The summed E-state index contributed by atoms with van der Waals surface area (Å²) in [5.74, 6) is -1.66. The third kappa shape index (κ3) is 2.75. The first-order valence-corrected chi connectivity index (χ1v) is 5.24. The molecule has 0 aliphatic heterocycles. The number of rotatable bonds is 2. The first kappa shape index (κ1) is 11.5. The monoisotopic (exact) mass is 232 g/mol. The van der Waals surface area contributed by atoms with Gasteiger partial charge in [0.2, 0.25) is 5.69 Å². The number of benzene rings is 1. The van der Waals surface area contributed by atoms with Crippen LogP contribution in [-0.2, 0) is 7.05 Å². The van der Waals surface area contributed by atoms with Crippen molar-refractivity contribution in [2.24, 2.45) is 7.05 Å². The van der Waals surface area contributed by atoms with Gasteiger partial charge in [0, 0.05) is 18.2 Å². The summed E-state index contributed by atoms with van der Waals surface area (Å²) in [6, 6.07) is 9.63.